The van der Waals surface area contributed by atoms with Crippen molar-refractivity contribution < 1.29 is 9.47 Å². The second-order valence-corrected chi connectivity index (χ2v) is 8.92. The van der Waals surface area contributed by atoms with Crippen molar-refractivity contribution in [3.8, 4) is 17.2 Å². The van der Waals surface area contributed by atoms with Crippen LogP contribution >= 0.6 is 12.2 Å². The minimum absolute atomic E-state index is 0.119. The molecule has 6 nitrogen and oxygen atoms in total. The third-order valence-corrected chi connectivity index (χ3v) is 6.88. The third-order valence-electron chi connectivity index (χ3n) is 6.56. The Labute approximate surface area is 211 Å². The van der Waals surface area contributed by atoms with Crippen LogP contribution < -0.4 is 19.7 Å². The smallest absolute Gasteiger partial charge is 0.174 e. The molecule has 0 aliphatic carbocycles. The van der Waals surface area contributed by atoms with Crippen LogP contribution in [-0.4, -0.2) is 28.9 Å². The summed E-state index contributed by atoms with van der Waals surface area (Å²) in [6, 6.07) is 24.1. The fourth-order valence-corrected chi connectivity index (χ4v) is 5.31. The van der Waals surface area contributed by atoms with Gasteiger partial charge in [-0.3, -0.25) is 4.98 Å². The number of rotatable bonds is 6. The van der Waals surface area contributed by atoms with Crippen LogP contribution in [0.2, 0.25) is 0 Å². The van der Waals surface area contributed by atoms with Crippen LogP contribution in [0.5, 0.6) is 11.5 Å². The molecule has 1 aliphatic rings. The van der Waals surface area contributed by atoms with Gasteiger partial charge in [0.05, 0.1) is 37.7 Å². The van der Waals surface area contributed by atoms with Gasteiger partial charge in [-0.1, -0.05) is 18.2 Å². The van der Waals surface area contributed by atoms with E-state index in [9.17, 15) is 0 Å². The largest absolute Gasteiger partial charge is 0.497 e. The van der Waals surface area contributed by atoms with Gasteiger partial charge in [0.25, 0.3) is 0 Å². The molecule has 2 atom stereocenters. The summed E-state index contributed by atoms with van der Waals surface area (Å²) in [4.78, 5) is 6.84. The quantitative estimate of drug-likeness (QED) is 0.355. The minimum Gasteiger partial charge on any atom is -0.497 e. The highest BCUT2D eigenvalue weighted by Crippen LogP contribution is 2.46. The minimum atomic E-state index is -0.126. The fraction of sp³-hybridized carbons (Fsp3) is 0.214. The summed E-state index contributed by atoms with van der Waals surface area (Å²) >= 11 is 5.90. The van der Waals surface area contributed by atoms with E-state index in [-0.39, 0.29) is 12.1 Å². The van der Waals surface area contributed by atoms with Crippen molar-refractivity contribution in [2.45, 2.75) is 25.9 Å². The number of aromatic nitrogens is 2. The van der Waals surface area contributed by atoms with Gasteiger partial charge >= 0.3 is 0 Å². The van der Waals surface area contributed by atoms with E-state index in [1.807, 2.05) is 60.8 Å². The molecule has 0 saturated carbocycles. The van der Waals surface area contributed by atoms with Crippen LogP contribution in [0.15, 0.2) is 79.0 Å². The van der Waals surface area contributed by atoms with Crippen LogP contribution in [0.1, 0.15) is 34.7 Å². The number of ether oxygens (including phenoxy) is 2. The van der Waals surface area contributed by atoms with E-state index in [1.165, 1.54) is 5.56 Å². The second-order valence-electron chi connectivity index (χ2n) is 8.53. The van der Waals surface area contributed by atoms with Crippen LogP contribution in [-0.2, 0) is 0 Å². The molecule has 0 spiro atoms. The number of thiocarbonyl (C=S) groups is 1. The maximum absolute atomic E-state index is 5.90. The molecule has 1 saturated heterocycles. The van der Waals surface area contributed by atoms with E-state index < -0.39 is 0 Å². The zero-order valence-corrected chi connectivity index (χ0v) is 21.0. The van der Waals surface area contributed by atoms with Crippen molar-refractivity contribution in [3.05, 3.63) is 102 Å². The average Bonchev–Trinajstić information content (AvgIpc) is 3.39. The van der Waals surface area contributed by atoms with Crippen LogP contribution in [0, 0.1) is 13.8 Å². The molecule has 4 aromatic rings. The van der Waals surface area contributed by atoms with Crippen molar-refractivity contribution in [3.63, 3.8) is 0 Å². The molecular formula is C28H28N4O2S. The number of nitrogens with one attached hydrogen (secondary N) is 1. The number of pyridine rings is 1. The third kappa shape index (κ3) is 4.02. The summed E-state index contributed by atoms with van der Waals surface area (Å²) in [5, 5.41) is 4.19. The molecule has 2 aromatic heterocycles. The number of hydrogen-bond acceptors (Lipinski definition) is 4. The van der Waals surface area contributed by atoms with Gasteiger partial charge in [0, 0.05) is 23.3 Å². The molecule has 7 heteroatoms. The molecule has 0 unspecified atom stereocenters. The number of aryl methyl sites for hydroxylation is 1. The molecular weight excluding hydrogens is 456 g/mol. The van der Waals surface area contributed by atoms with Crippen molar-refractivity contribution >= 4 is 23.0 Å². The van der Waals surface area contributed by atoms with Gasteiger partial charge in [-0.25, -0.2) is 0 Å². The van der Waals surface area contributed by atoms with Gasteiger partial charge in [0.1, 0.15) is 11.5 Å². The zero-order valence-electron chi connectivity index (χ0n) is 20.2. The standard InChI is InChI=1S/C28H28N4O2S/c1-18-17-22(19(2)31(18)20-12-14-21(33-3)15-13-20)27-26(23-9-7-8-16-29-23)30-28(35)32(27)24-10-5-6-11-25(24)34-4/h5-17,26-27H,1-4H3,(H,30,35)/t26-,27+/m1/s1. The first-order valence-corrected chi connectivity index (χ1v) is 11.9. The zero-order chi connectivity index (χ0) is 24.5. The van der Waals surface area contributed by atoms with Gasteiger partial charge in [0.2, 0.25) is 0 Å². The first-order chi connectivity index (χ1) is 17.0. The predicted molar refractivity (Wildman–Crippen MR) is 143 cm³/mol. The lowest BCUT2D eigenvalue weighted by molar-refractivity contribution is 0.414. The van der Waals surface area contributed by atoms with E-state index >= 15 is 0 Å². The molecule has 0 amide bonds. The first kappa shape index (κ1) is 22.9. The lowest BCUT2D eigenvalue weighted by atomic mass is 9.96. The van der Waals surface area contributed by atoms with Gasteiger partial charge in [0.15, 0.2) is 5.11 Å². The average molecular weight is 485 g/mol. The number of methoxy groups -OCH3 is 2. The molecule has 1 fully saturated rings. The number of para-hydroxylation sites is 2. The molecule has 5 rings (SSSR count). The first-order valence-electron chi connectivity index (χ1n) is 11.5. The van der Waals surface area contributed by atoms with E-state index in [0.717, 1.165) is 40.0 Å². The van der Waals surface area contributed by atoms with Crippen molar-refractivity contribution in [1.82, 2.24) is 14.9 Å². The fourth-order valence-electron chi connectivity index (χ4n) is 4.97. The summed E-state index contributed by atoms with van der Waals surface area (Å²) < 4.78 is 13.3. The summed E-state index contributed by atoms with van der Waals surface area (Å²) in [5.41, 5.74) is 6.40. The van der Waals surface area contributed by atoms with E-state index in [0.29, 0.717) is 5.11 Å². The Hall–Kier alpha value is -3.84. The lowest BCUT2D eigenvalue weighted by Gasteiger charge is -2.29. The number of benzene rings is 2. The summed E-state index contributed by atoms with van der Waals surface area (Å²) in [6.45, 7) is 4.29. The highest BCUT2D eigenvalue weighted by molar-refractivity contribution is 7.80. The number of nitrogens with zero attached hydrogens (tertiary/aromatic N) is 3. The Morgan fingerprint density at radius 2 is 1.66 bits per heavy atom. The highest BCUT2D eigenvalue weighted by Gasteiger charge is 2.43. The Bertz CT molecular complexity index is 1350. The van der Waals surface area contributed by atoms with Gasteiger partial charge in [-0.05, 0) is 86.2 Å². The molecule has 178 valence electrons. The van der Waals surface area contributed by atoms with E-state index in [2.05, 4.69) is 51.8 Å². The topological polar surface area (TPSA) is 51.5 Å². The maximum atomic E-state index is 5.90. The highest BCUT2D eigenvalue weighted by atomic mass is 32.1. The van der Waals surface area contributed by atoms with Crippen LogP contribution in [0.3, 0.4) is 0 Å². The summed E-state index contributed by atoms with van der Waals surface area (Å²) in [7, 11) is 3.37. The SMILES string of the molecule is COc1ccc(-n2c(C)cc([C@H]3[C@@H](c4ccccn4)NC(=S)N3c3ccccc3OC)c2C)cc1. The number of hydrogen-bond donors (Lipinski definition) is 1. The summed E-state index contributed by atoms with van der Waals surface area (Å²) in [5.74, 6) is 1.60. The van der Waals surface area contributed by atoms with E-state index in [4.69, 9.17) is 21.7 Å². The predicted octanol–water partition coefficient (Wildman–Crippen LogP) is 5.68. The Kier molecular flexibility index (Phi) is 6.17. The molecule has 0 radical (unpaired) electrons. The Morgan fingerprint density at radius 3 is 2.34 bits per heavy atom. The van der Waals surface area contributed by atoms with Gasteiger partial charge in [-0.15, -0.1) is 0 Å². The van der Waals surface area contributed by atoms with E-state index in [1.54, 1.807) is 14.2 Å². The van der Waals surface area contributed by atoms with Crippen molar-refractivity contribution in [1.29, 1.82) is 0 Å². The normalized spacial score (nSPS) is 17.4. The van der Waals surface area contributed by atoms with Gasteiger partial charge in [-0.2, -0.15) is 0 Å². The Morgan fingerprint density at radius 1 is 0.914 bits per heavy atom. The molecule has 2 aromatic carbocycles. The second kappa shape index (κ2) is 9.43. The Balaban J connectivity index is 1.68. The van der Waals surface area contributed by atoms with Crippen molar-refractivity contribution in [2.24, 2.45) is 0 Å². The molecule has 1 N–H and O–H groups in total. The maximum Gasteiger partial charge on any atom is 0.174 e. The number of anilines is 1. The molecule has 1 aliphatic heterocycles. The molecule has 35 heavy (non-hydrogen) atoms. The van der Waals surface area contributed by atoms with Crippen LogP contribution in [0.4, 0.5) is 5.69 Å². The van der Waals surface area contributed by atoms with Crippen molar-refractivity contribution in [2.75, 3.05) is 19.1 Å². The monoisotopic (exact) mass is 484 g/mol. The molecule has 3 heterocycles. The van der Waals surface area contributed by atoms with Gasteiger partial charge < -0.3 is 24.3 Å². The summed E-state index contributed by atoms with van der Waals surface area (Å²) in [6.07, 6.45) is 1.82. The van der Waals surface area contributed by atoms with Crippen LogP contribution in [0.25, 0.3) is 5.69 Å². The molecule has 0 bridgehead atoms. The lowest BCUT2D eigenvalue weighted by Crippen LogP contribution is -2.30.